The van der Waals surface area contributed by atoms with E-state index in [4.69, 9.17) is 4.74 Å². The van der Waals surface area contributed by atoms with E-state index in [1.165, 1.54) is 7.11 Å². The second-order valence-corrected chi connectivity index (χ2v) is 5.40. The third-order valence-electron chi connectivity index (χ3n) is 2.12. The molecule has 0 saturated carbocycles. The van der Waals surface area contributed by atoms with Crippen molar-refractivity contribution >= 4 is 10.0 Å². The van der Waals surface area contributed by atoms with Gasteiger partial charge in [-0.05, 0) is 12.5 Å². The van der Waals surface area contributed by atoms with Crippen molar-refractivity contribution in [1.82, 2.24) is 9.71 Å². The van der Waals surface area contributed by atoms with Crippen LogP contribution in [0, 0.1) is 5.82 Å². The minimum absolute atomic E-state index is 0.0311. The number of ether oxygens (including phenoxy) is 1. The monoisotopic (exact) mass is 278 g/mol. The predicted octanol–water partition coefficient (Wildman–Crippen LogP) is -0.104. The first-order chi connectivity index (χ1) is 8.45. The Morgan fingerprint density at radius 2 is 2.28 bits per heavy atom. The molecule has 0 aliphatic carbocycles. The van der Waals surface area contributed by atoms with Gasteiger partial charge in [-0.25, -0.2) is 17.5 Å². The molecule has 0 aromatic carbocycles. The summed E-state index contributed by atoms with van der Waals surface area (Å²) in [7, 11) is -2.36. The van der Waals surface area contributed by atoms with Gasteiger partial charge in [0, 0.05) is 19.9 Å². The SMILES string of the molecule is COCC(O)CCNS(=O)(=O)c1cncc(F)c1. The molecule has 1 aromatic heterocycles. The van der Waals surface area contributed by atoms with Gasteiger partial charge in [-0.1, -0.05) is 0 Å². The van der Waals surface area contributed by atoms with Crippen molar-refractivity contribution < 1.29 is 22.7 Å². The summed E-state index contributed by atoms with van der Waals surface area (Å²) in [6.45, 7) is 0.159. The third kappa shape index (κ3) is 4.65. The summed E-state index contributed by atoms with van der Waals surface area (Å²) in [6, 6.07) is 0.876. The fraction of sp³-hybridized carbons (Fsp3) is 0.500. The molecule has 1 atom stereocenters. The number of hydrogen-bond donors (Lipinski definition) is 2. The zero-order chi connectivity index (χ0) is 13.6. The Morgan fingerprint density at radius 3 is 2.89 bits per heavy atom. The normalized spacial score (nSPS) is 13.5. The van der Waals surface area contributed by atoms with Gasteiger partial charge in [-0.2, -0.15) is 0 Å². The molecule has 0 fully saturated rings. The average Bonchev–Trinajstić information content (AvgIpc) is 2.29. The molecule has 8 heteroatoms. The number of sulfonamides is 1. The maximum absolute atomic E-state index is 12.8. The standard InChI is InChI=1S/C10H15FN2O4S/c1-17-7-9(14)2-3-13-18(15,16)10-4-8(11)5-12-6-10/h4-6,9,13-14H,2-3,7H2,1H3. The first-order valence-electron chi connectivity index (χ1n) is 5.23. The van der Waals surface area contributed by atoms with Crippen LogP contribution >= 0.6 is 0 Å². The van der Waals surface area contributed by atoms with Crippen LogP contribution in [0.5, 0.6) is 0 Å². The lowest BCUT2D eigenvalue weighted by Gasteiger charge is -2.10. The summed E-state index contributed by atoms with van der Waals surface area (Å²) >= 11 is 0. The van der Waals surface area contributed by atoms with Gasteiger partial charge in [-0.15, -0.1) is 0 Å². The van der Waals surface area contributed by atoms with Crippen LogP contribution in [0.4, 0.5) is 4.39 Å². The maximum Gasteiger partial charge on any atom is 0.242 e. The lowest BCUT2D eigenvalue weighted by Crippen LogP contribution is -2.28. The van der Waals surface area contributed by atoms with Gasteiger partial charge in [-0.3, -0.25) is 4.98 Å². The summed E-state index contributed by atoms with van der Waals surface area (Å²) in [6.07, 6.45) is 1.43. The van der Waals surface area contributed by atoms with Crippen molar-refractivity contribution in [2.75, 3.05) is 20.3 Å². The number of rotatable bonds is 7. The summed E-state index contributed by atoms with van der Waals surface area (Å²) in [5.41, 5.74) is 0. The molecule has 0 saturated heterocycles. The lowest BCUT2D eigenvalue weighted by molar-refractivity contribution is 0.0603. The van der Waals surface area contributed by atoms with Gasteiger partial charge in [0.15, 0.2) is 0 Å². The van der Waals surface area contributed by atoms with Crippen LogP contribution in [-0.2, 0) is 14.8 Å². The van der Waals surface area contributed by atoms with E-state index in [0.29, 0.717) is 0 Å². The number of methoxy groups -OCH3 is 1. The van der Waals surface area contributed by atoms with Crippen molar-refractivity contribution in [3.8, 4) is 0 Å². The Hall–Kier alpha value is -1.09. The first kappa shape index (κ1) is 15.0. The molecule has 0 bridgehead atoms. The lowest BCUT2D eigenvalue weighted by atomic mass is 10.3. The Balaban J connectivity index is 2.55. The van der Waals surface area contributed by atoms with E-state index < -0.39 is 21.9 Å². The van der Waals surface area contributed by atoms with Crippen LogP contribution in [0.15, 0.2) is 23.4 Å². The van der Waals surface area contributed by atoms with E-state index in [1.54, 1.807) is 0 Å². The smallest absolute Gasteiger partial charge is 0.242 e. The molecule has 1 heterocycles. The summed E-state index contributed by atoms with van der Waals surface area (Å²) < 4.78 is 43.2. The van der Waals surface area contributed by atoms with E-state index in [0.717, 1.165) is 18.5 Å². The average molecular weight is 278 g/mol. The van der Waals surface area contributed by atoms with Gasteiger partial charge in [0.25, 0.3) is 0 Å². The van der Waals surface area contributed by atoms with Crippen LogP contribution in [0.25, 0.3) is 0 Å². The number of nitrogens with zero attached hydrogens (tertiary/aromatic N) is 1. The predicted molar refractivity (Wildman–Crippen MR) is 61.9 cm³/mol. The zero-order valence-corrected chi connectivity index (χ0v) is 10.7. The number of aliphatic hydroxyl groups is 1. The molecule has 1 unspecified atom stereocenters. The Labute approximate surface area is 105 Å². The van der Waals surface area contributed by atoms with Crippen molar-refractivity contribution in [1.29, 1.82) is 0 Å². The van der Waals surface area contributed by atoms with Crippen LogP contribution in [0.1, 0.15) is 6.42 Å². The number of aliphatic hydroxyl groups excluding tert-OH is 1. The van der Waals surface area contributed by atoms with E-state index in [2.05, 4.69) is 9.71 Å². The van der Waals surface area contributed by atoms with E-state index in [1.807, 2.05) is 0 Å². The molecule has 102 valence electrons. The van der Waals surface area contributed by atoms with Crippen molar-refractivity contribution in [3.05, 3.63) is 24.3 Å². The van der Waals surface area contributed by atoms with Crippen LogP contribution in [-0.4, -0.2) is 44.9 Å². The van der Waals surface area contributed by atoms with Crippen LogP contribution in [0.2, 0.25) is 0 Å². The van der Waals surface area contributed by atoms with Gasteiger partial charge in [0.1, 0.15) is 10.7 Å². The summed E-state index contributed by atoms with van der Waals surface area (Å²) in [5.74, 6) is -0.725. The molecule has 1 rings (SSSR count). The molecular formula is C10H15FN2O4S. The van der Waals surface area contributed by atoms with Crippen molar-refractivity contribution in [2.45, 2.75) is 17.4 Å². The van der Waals surface area contributed by atoms with E-state index in [9.17, 15) is 17.9 Å². The molecule has 0 aliphatic rings. The Kier molecular flexibility index (Phi) is 5.60. The Bertz CT molecular complexity index is 481. The molecule has 2 N–H and O–H groups in total. The molecule has 0 amide bonds. The first-order valence-corrected chi connectivity index (χ1v) is 6.71. The second kappa shape index (κ2) is 6.74. The molecule has 1 aromatic rings. The number of halogens is 1. The van der Waals surface area contributed by atoms with Crippen LogP contribution < -0.4 is 4.72 Å². The zero-order valence-electron chi connectivity index (χ0n) is 9.84. The van der Waals surface area contributed by atoms with Gasteiger partial charge >= 0.3 is 0 Å². The highest BCUT2D eigenvalue weighted by Gasteiger charge is 2.15. The van der Waals surface area contributed by atoms with Crippen molar-refractivity contribution in [2.24, 2.45) is 0 Å². The molecule has 0 spiro atoms. The van der Waals surface area contributed by atoms with Gasteiger partial charge < -0.3 is 9.84 Å². The third-order valence-corrected chi connectivity index (χ3v) is 3.55. The highest BCUT2D eigenvalue weighted by Crippen LogP contribution is 2.08. The molecule has 18 heavy (non-hydrogen) atoms. The largest absolute Gasteiger partial charge is 0.391 e. The topological polar surface area (TPSA) is 88.5 Å². The van der Waals surface area contributed by atoms with E-state index >= 15 is 0 Å². The van der Waals surface area contributed by atoms with Crippen molar-refractivity contribution in [3.63, 3.8) is 0 Å². The number of nitrogens with one attached hydrogen (secondary N) is 1. The molecular weight excluding hydrogens is 263 g/mol. The fourth-order valence-electron chi connectivity index (χ4n) is 1.26. The second-order valence-electron chi connectivity index (χ2n) is 3.63. The minimum atomic E-state index is -3.80. The molecule has 0 aliphatic heterocycles. The molecule has 0 radical (unpaired) electrons. The summed E-state index contributed by atoms with van der Waals surface area (Å²) in [5, 5.41) is 9.33. The highest BCUT2D eigenvalue weighted by molar-refractivity contribution is 7.89. The Morgan fingerprint density at radius 1 is 1.56 bits per heavy atom. The van der Waals surface area contributed by atoms with E-state index in [-0.39, 0.29) is 24.5 Å². The van der Waals surface area contributed by atoms with Crippen LogP contribution in [0.3, 0.4) is 0 Å². The van der Waals surface area contributed by atoms with Gasteiger partial charge in [0.2, 0.25) is 10.0 Å². The number of pyridine rings is 1. The molecule has 6 nitrogen and oxygen atoms in total. The highest BCUT2D eigenvalue weighted by atomic mass is 32.2. The summed E-state index contributed by atoms with van der Waals surface area (Å²) in [4.78, 5) is 3.21. The quantitative estimate of drug-likeness (QED) is 0.727. The minimum Gasteiger partial charge on any atom is -0.391 e. The van der Waals surface area contributed by atoms with Gasteiger partial charge in [0.05, 0.1) is 18.9 Å². The number of hydrogen-bond acceptors (Lipinski definition) is 5. The number of aromatic nitrogens is 1. The fourth-order valence-corrected chi connectivity index (χ4v) is 2.28. The maximum atomic E-state index is 12.8.